The Bertz CT molecular complexity index is 530. The summed E-state index contributed by atoms with van der Waals surface area (Å²) in [7, 11) is 1.38. The molecule has 6 heteroatoms. The normalized spacial score (nSPS) is 18.8. The van der Waals surface area contributed by atoms with Crippen LogP contribution < -0.4 is 0 Å². The van der Waals surface area contributed by atoms with Crippen molar-refractivity contribution in [2.75, 3.05) is 20.2 Å². The summed E-state index contributed by atoms with van der Waals surface area (Å²) in [4.78, 5) is 25.8. The number of piperidine rings is 1. The number of aryl methyl sites for hydroxylation is 2. The summed E-state index contributed by atoms with van der Waals surface area (Å²) in [6.45, 7) is 4.64. The fraction of sp³-hybridized carbons (Fsp3) is 0.571. The summed E-state index contributed by atoms with van der Waals surface area (Å²) >= 11 is 0. The predicted molar refractivity (Wildman–Crippen MR) is 72.1 cm³/mol. The molecule has 1 saturated heterocycles. The van der Waals surface area contributed by atoms with Crippen molar-refractivity contribution in [3.8, 4) is 0 Å². The van der Waals surface area contributed by atoms with E-state index in [0.717, 1.165) is 12.8 Å². The van der Waals surface area contributed by atoms with Crippen LogP contribution in [0, 0.1) is 19.8 Å². The maximum atomic E-state index is 12.5. The van der Waals surface area contributed by atoms with Gasteiger partial charge in [0.25, 0.3) is 5.91 Å². The molecule has 2 heterocycles. The molecule has 0 aliphatic carbocycles. The Balaban J connectivity index is 2.16. The number of amides is 1. The highest BCUT2D eigenvalue weighted by Crippen LogP contribution is 2.20. The van der Waals surface area contributed by atoms with Crippen LogP contribution in [0.15, 0.2) is 6.07 Å². The first-order chi connectivity index (χ1) is 9.52. The number of hydrogen-bond acceptors (Lipinski definition) is 5. The molecule has 0 N–H and O–H groups in total. The number of carbonyl (C=O) groups excluding carboxylic acids is 2. The van der Waals surface area contributed by atoms with Crippen LogP contribution >= 0.6 is 0 Å². The highest BCUT2D eigenvalue weighted by Gasteiger charge is 2.30. The van der Waals surface area contributed by atoms with E-state index in [1.54, 1.807) is 24.8 Å². The lowest BCUT2D eigenvalue weighted by Crippen LogP contribution is -2.43. The van der Waals surface area contributed by atoms with Crippen LogP contribution in [0.25, 0.3) is 0 Å². The Labute approximate surface area is 118 Å². The third kappa shape index (κ3) is 2.95. The van der Waals surface area contributed by atoms with Crippen LogP contribution in [0.2, 0.25) is 0 Å². The van der Waals surface area contributed by atoms with Gasteiger partial charge in [0.15, 0.2) is 0 Å². The molecule has 20 heavy (non-hydrogen) atoms. The number of nitrogens with zero attached hydrogens (tertiary/aromatic N) is 3. The lowest BCUT2D eigenvalue weighted by Gasteiger charge is -2.31. The third-order valence-electron chi connectivity index (χ3n) is 3.57. The van der Waals surface area contributed by atoms with E-state index in [-0.39, 0.29) is 17.8 Å². The second-order valence-corrected chi connectivity index (χ2v) is 5.10. The van der Waals surface area contributed by atoms with Gasteiger partial charge in [-0.3, -0.25) is 9.59 Å². The quantitative estimate of drug-likeness (QED) is 0.757. The lowest BCUT2D eigenvalue weighted by molar-refractivity contribution is -0.146. The number of likely N-dealkylation sites (tertiary alicyclic amines) is 1. The van der Waals surface area contributed by atoms with Crippen molar-refractivity contribution >= 4 is 11.9 Å². The molecule has 1 aromatic heterocycles. The van der Waals surface area contributed by atoms with Crippen molar-refractivity contribution in [3.63, 3.8) is 0 Å². The average molecular weight is 277 g/mol. The van der Waals surface area contributed by atoms with Crippen LogP contribution in [-0.4, -0.2) is 47.2 Å². The molecule has 108 valence electrons. The van der Waals surface area contributed by atoms with Gasteiger partial charge in [-0.2, -0.15) is 10.2 Å². The van der Waals surface area contributed by atoms with Gasteiger partial charge in [0, 0.05) is 13.1 Å². The largest absolute Gasteiger partial charge is 0.469 e. The van der Waals surface area contributed by atoms with E-state index in [4.69, 9.17) is 4.74 Å². The molecule has 6 nitrogen and oxygen atoms in total. The molecule has 1 atom stereocenters. The second-order valence-electron chi connectivity index (χ2n) is 5.10. The third-order valence-corrected chi connectivity index (χ3v) is 3.57. The molecule has 0 aromatic carbocycles. The van der Waals surface area contributed by atoms with E-state index >= 15 is 0 Å². The molecule has 0 saturated carbocycles. The van der Waals surface area contributed by atoms with Crippen molar-refractivity contribution in [2.45, 2.75) is 26.7 Å². The first-order valence-corrected chi connectivity index (χ1v) is 6.71. The standard InChI is InChI=1S/C14H19N3O3/c1-9-7-12(10(2)16-15-9)13(18)17-6-4-5-11(8-17)14(19)20-3/h7,11H,4-6,8H2,1-3H3/t11-/m0/s1. The van der Waals surface area contributed by atoms with Gasteiger partial charge in [-0.15, -0.1) is 0 Å². The molecular weight excluding hydrogens is 258 g/mol. The zero-order chi connectivity index (χ0) is 14.7. The molecule has 2 rings (SSSR count). The number of esters is 1. The predicted octanol–water partition coefficient (Wildman–Crippen LogP) is 1.12. The van der Waals surface area contributed by atoms with E-state index in [2.05, 4.69) is 10.2 Å². The van der Waals surface area contributed by atoms with E-state index in [1.807, 2.05) is 0 Å². The summed E-state index contributed by atoms with van der Waals surface area (Å²) in [5.74, 6) is -0.564. The number of aromatic nitrogens is 2. The van der Waals surface area contributed by atoms with Gasteiger partial charge in [0.05, 0.1) is 30.0 Å². The van der Waals surface area contributed by atoms with E-state index < -0.39 is 0 Å². The maximum absolute atomic E-state index is 12.5. The van der Waals surface area contributed by atoms with Gasteiger partial charge in [0.2, 0.25) is 0 Å². The van der Waals surface area contributed by atoms with E-state index in [0.29, 0.717) is 30.0 Å². The van der Waals surface area contributed by atoms with Crippen molar-refractivity contribution in [3.05, 3.63) is 23.0 Å². The highest BCUT2D eigenvalue weighted by atomic mass is 16.5. The summed E-state index contributed by atoms with van der Waals surface area (Å²) in [6, 6.07) is 1.74. The molecule has 0 radical (unpaired) electrons. The van der Waals surface area contributed by atoms with Gasteiger partial charge >= 0.3 is 5.97 Å². The van der Waals surface area contributed by atoms with Crippen molar-refractivity contribution in [2.24, 2.45) is 5.92 Å². The van der Waals surface area contributed by atoms with Crippen LogP contribution in [-0.2, 0) is 9.53 Å². The molecule has 1 aliphatic heterocycles. The molecule has 1 aromatic rings. The Morgan fingerprint density at radius 1 is 1.35 bits per heavy atom. The lowest BCUT2D eigenvalue weighted by atomic mass is 9.97. The number of carbonyl (C=O) groups is 2. The number of hydrogen-bond donors (Lipinski definition) is 0. The van der Waals surface area contributed by atoms with Crippen molar-refractivity contribution < 1.29 is 14.3 Å². The average Bonchev–Trinajstić information content (AvgIpc) is 2.48. The van der Waals surface area contributed by atoms with Gasteiger partial charge in [-0.05, 0) is 32.8 Å². The molecular formula is C14H19N3O3. The maximum Gasteiger partial charge on any atom is 0.310 e. The highest BCUT2D eigenvalue weighted by molar-refractivity contribution is 5.95. The molecule has 0 bridgehead atoms. The Hall–Kier alpha value is -1.98. The topological polar surface area (TPSA) is 72.4 Å². The number of rotatable bonds is 2. The van der Waals surface area contributed by atoms with Crippen LogP contribution in [0.3, 0.4) is 0 Å². The fourth-order valence-electron chi connectivity index (χ4n) is 2.46. The Kier molecular flexibility index (Phi) is 4.32. The Morgan fingerprint density at radius 3 is 2.80 bits per heavy atom. The van der Waals surface area contributed by atoms with Gasteiger partial charge in [0.1, 0.15) is 0 Å². The van der Waals surface area contributed by atoms with E-state index in [9.17, 15) is 9.59 Å². The minimum Gasteiger partial charge on any atom is -0.469 e. The minimum absolute atomic E-state index is 0.0888. The molecule has 1 fully saturated rings. The number of methoxy groups -OCH3 is 1. The first-order valence-electron chi connectivity index (χ1n) is 6.71. The smallest absolute Gasteiger partial charge is 0.310 e. The summed E-state index contributed by atoms with van der Waals surface area (Å²) in [5.41, 5.74) is 1.88. The van der Waals surface area contributed by atoms with Crippen LogP contribution in [0.4, 0.5) is 0 Å². The minimum atomic E-state index is -0.247. The zero-order valence-corrected chi connectivity index (χ0v) is 12.0. The van der Waals surface area contributed by atoms with Crippen LogP contribution in [0.1, 0.15) is 34.6 Å². The monoisotopic (exact) mass is 277 g/mol. The van der Waals surface area contributed by atoms with Crippen molar-refractivity contribution in [1.29, 1.82) is 0 Å². The first kappa shape index (κ1) is 14.4. The zero-order valence-electron chi connectivity index (χ0n) is 12.0. The van der Waals surface area contributed by atoms with Crippen molar-refractivity contribution in [1.82, 2.24) is 15.1 Å². The molecule has 1 amide bonds. The summed E-state index contributed by atoms with van der Waals surface area (Å²) in [5, 5.41) is 7.90. The summed E-state index contributed by atoms with van der Waals surface area (Å²) < 4.78 is 4.77. The summed E-state index contributed by atoms with van der Waals surface area (Å²) in [6.07, 6.45) is 1.57. The second kappa shape index (κ2) is 5.98. The fourth-order valence-corrected chi connectivity index (χ4v) is 2.46. The number of ether oxygens (including phenoxy) is 1. The molecule has 1 aliphatic rings. The Morgan fingerprint density at radius 2 is 2.10 bits per heavy atom. The van der Waals surface area contributed by atoms with Gasteiger partial charge < -0.3 is 9.64 Å². The van der Waals surface area contributed by atoms with Gasteiger partial charge in [-0.25, -0.2) is 0 Å². The van der Waals surface area contributed by atoms with Crippen LogP contribution in [0.5, 0.6) is 0 Å². The molecule has 0 spiro atoms. The molecule has 0 unspecified atom stereocenters. The van der Waals surface area contributed by atoms with Gasteiger partial charge in [-0.1, -0.05) is 0 Å². The SMILES string of the molecule is COC(=O)[C@H]1CCCN(C(=O)c2cc(C)nnc2C)C1. The van der Waals surface area contributed by atoms with E-state index in [1.165, 1.54) is 7.11 Å².